The Balaban J connectivity index is 1.56. The Morgan fingerprint density at radius 3 is 2.34 bits per heavy atom. The highest BCUT2D eigenvalue weighted by molar-refractivity contribution is 7.89. The van der Waals surface area contributed by atoms with Gasteiger partial charge in [0.05, 0.1) is 22.7 Å². The number of likely N-dealkylation sites (N-methyl/N-ethyl adjacent to an activating group) is 1. The second-order valence-corrected chi connectivity index (χ2v) is 12.5. The maximum atomic E-state index is 13.1. The van der Waals surface area contributed by atoms with Gasteiger partial charge in [-0.2, -0.15) is 4.31 Å². The molecule has 0 radical (unpaired) electrons. The first-order chi connectivity index (χ1) is 18.0. The van der Waals surface area contributed by atoms with Crippen molar-refractivity contribution in [2.75, 3.05) is 38.5 Å². The Hall–Kier alpha value is -2.84. The lowest BCUT2D eigenvalue weighted by molar-refractivity contribution is -0.0440. The summed E-state index contributed by atoms with van der Waals surface area (Å²) in [7, 11) is -2.33. The number of morpholine rings is 1. The molecule has 0 saturated carbocycles. The minimum Gasteiger partial charge on any atom is -0.373 e. The van der Waals surface area contributed by atoms with Gasteiger partial charge in [0.2, 0.25) is 10.0 Å². The minimum absolute atomic E-state index is 0.0900. The number of nitrogens with zero attached hydrogens (tertiary/aromatic N) is 2. The number of amides is 4. The third kappa shape index (κ3) is 5.91. The van der Waals surface area contributed by atoms with Crippen LogP contribution in [-0.2, 0) is 27.7 Å². The molecule has 2 atom stereocenters. The molecule has 0 spiro atoms. The van der Waals surface area contributed by atoms with Crippen molar-refractivity contribution in [1.29, 1.82) is 0 Å². The number of anilines is 1. The van der Waals surface area contributed by atoms with Crippen LogP contribution in [0.5, 0.6) is 0 Å². The molecule has 3 heterocycles. The van der Waals surface area contributed by atoms with Crippen molar-refractivity contribution in [3.8, 4) is 0 Å². The average Bonchev–Trinajstić information content (AvgIpc) is 3.24. The molecule has 1 aromatic heterocycles. The molecule has 0 aliphatic carbocycles. The topological polar surface area (TPSA) is 137 Å². The van der Waals surface area contributed by atoms with E-state index in [4.69, 9.17) is 4.74 Å². The SMILES string of the molecule is CCN1CCc2c(sc(NC(=O)c3ccc(S(=O)(=O)N4CC(C)OC(C)C4)cc3)c2C(=O)NC(=O)NC)C1. The Bertz CT molecular complexity index is 1310. The van der Waals surface area contributed by atoms with E-state index in [0.29, 0.717) is 18.0 Å². The predicted octanol–water partition coefficient (Wildman–Crippen LogP) is 2.25. The fourth-order valence-corrected chi connectivity index (χ4v) is 7.59. The van der Waals surface area contributed by atoms with Crippen LogP contribution < -0.4 is 16.0 Å². The van der Waals surface area contributed by atoms with Gasteiger partial charge >= 0.3 is 6.03 Å². The van der Waals surface area contributed by atoms with Gasteiger partial charge in [-0.3, -0.25) is 19.8 Å². The largest absolute Gasteiger partial charge is 0.373 e. The van der Waals surface area contributed by atoms with E-state index in [1.165, 1.54) is 47.0 Å². The number of sulfonamides is 1. The molecule has 11 nitrogen and oxygen atoms in total. The average molecular weight is 564 g/mol. The highest BCUT2D eigenvalue weighted by Crippen LogP contribution is 2.37. The fraction of sp³-hybridized carbons (Fsp3) is 0.480. The van der Waals surface area contributed by atoms with Gasteiger partial charge in [0, 0.05) is 43.7 Å². The van der Waals surface area contributed by atoms with Crippen LogP contribution in [0.15, 0.2) is 29.2 Å². The monoisotopic (exact) mass is 563 g/mol. The van der Waals surface area contributed by atoms with Crippen molar-refractivity contribution in [1.82, 2.24) is 19.8 Å². The minimum atomic E-state index is -3.74. The number of benzene rings is 1. The van der Waals surface area contributed by atoms with Crippen LogP contribution in [-0.4, -0.2) is 80.9 Å². The molecule has 4 amide bonds. The quantitative estimate of drug-likeness (QED) is 0.490. The van der Waals surface area contributed by atoms with Crippen molar-refractivity contribution < 1.29 is 27.5 Å². The lowest BCUT2D eigenvalue weighted by atomic mass is 10.0. The summed E-state index contributed by atoms with van der Waals surface area (Å²) in [5.41, 5.74) is 1.35. The first kappa shape index (κ1) is 28.2. The van der Waals surface area contributed by atoms with Crippen LogP contribution in [0.1, 0.15) is 51.9 Å². The molecule has 2 unspecified atom stereocenters. The van der Waals surface area contributed by atoms with E-state index in [1.807, 2.05) is 13.8 Å². The summed E-state index contributed by atoms with van der Waals surface area (Å²) in [6, 6.07) is 5.08. The molecule has 206 valence electrons. The van der Waals surface area contributed by atoms with Gasteiger partial charge in [0.25, 0.3) is 11.8 Å². The van der Waals surface area contributed by atoms with Gasteiger partial charge in [-0.25, -0.2) is 13.2 Å². The molecule has 13 heteroatoms. The molecular formula is C25H33N5O6S2. The van der Waals surface area contributed by atoms with E-state index in [9.17, 15) is 22.8 Å². The van der Waals surface area contributed by atoms with Gasteiger partial charge in [-0.1, -0.05) is 6.92 Å². The first-order valence-electron chi connectivity index (χ1n) is 12.5. The molecule has 38 heavy (non-hydrogen) atoms. The number of thiophene rings is 1. The number of ether oxygens (including phenoxy) is 1. The van der Waals surface area contributed by atoms with Crippen LogP contribution in [0.3, 0.4) is 0 Å². The second kappa shape index (κ2) is 11.5. The zero-order chi connectivity index (χ0) is 27.6. The van der Waals surface area contributed by atoms with Crippen molar-refractivity contribution >= 4 is 44.2 Å². The Morgan fingerprint density at radius 2 is 1.74 bits per heavy atom. The van der Waals surface area contributed by atoms with Gasteiger partial charge < -0.3 is 15.4 Å². The smallest absolute Gasteiger partial charge is 0.321 e. The molecule has 1 fully saturated rings. The van der Waals surface area contributed by atoms with Crippen LogP contribution in [0.4, 0.5) is 9.80 Å². The Morgan fingerprint density at radius 1 is 1.08 bits per heavy atom. The predicted molar refractivity (Wildman–Crippen MR) is 144 cm³/mol. The van der Waals surface area contributed by atoms with Crippen LogP contribution >= 0.6 is 11.3 Å². The van der Waals surface area contributed by atoms with E-state index in [0.717, 1.165) is 23.5 Å². The molecule has 2 aliphatic rings. The molecule has 4 rings (SSSR count). The molecular weight excluding hydrogens is 530 g/mol. The lowest BCUT2D eigenvalue weighted by Gasteiger charge is -2.34. The van der Waals surface area contributed by atoms with Crippen molar-refractivity contribution in [2.24, 2.45) is 0 Å². The zero-order valence-corrected chi connectivity index (χ0v) is 23.5. The van der Waals surface area contributed by atoms with E-state index >= 15 is 0 Å². The first-order valence-corrected chi connectivity index (χ1v) is 14.8. The van der Waals surface area contributed by atoms with Gasteiger partial charge in [-0.15, -0.1) is 11.3 Å². The summed E-state index contributed by atoms with van der Waals surface area (Å²) in [6.45, 7) is 8.51. The zero-order valence-electron chi connectivity index (χ0n) is 21.9. The van der Waals surface area contributed by atoms with Gasteiger partial charge in [-0.05, 0) is 56.6 Å². The number of urea groups is 1. The summed E-state index contributed by atoms with van der Waals surface area (Å²) in [4.78, 5) is 41.2. The second-order valence-electron chi connectivity index (χ2n) is 9.42. The van der Waals surface area contributed by atoms with Crippen LogP contribution in [0.25, 0.3) is 0 Å². The molecule has 2 aliphatic heterocycles. The van der Waals surface area contributed by atoms with E-state index in [-0.39, 0.29) is 41.3 Å². The maximum absolute atomic E-state index is 13.1. The van der Waals surface area contributed by atoms with Crippen LogP contribution in [0.2, 0.25) is 0 Å². The van der Waals surface area contributed by atoms with E-state index in [2.05, 4.69) is 27.8 Å². The number of fused-ring (bicyclic) bond motifs is 1. The van der Waals surface area contributed by atoms with Crippen molar-refractivity contribution in [3.63, 3.8) is 0 Å². The third-order valence-corrected chi connectivity index (χ3v) is 9.61. The number of hydrogen-bond acceptors (Lipinski definition) is 8. The molecule has 1 saturated heterocycles. The van der Waals surface area contributed by atoms with Crippen LogP contribution in [0, 0.1) is 0 Å². The van der Waals surface area contributed by atoms with Gasteiger partial charge in [0.15, 0.2) is 0 Å². The molecule has 2 aromatic rings. The highest BCUT2D eigenvalue weighted by Gasteiger charge is 2.33. The standard InChI is InChI=1S/C25H33N5O6S2/c1-5-29-11-10-19-20(14-29)37-24(21(19)23(32)28-25(33)26-4)27-22(31)17-6-8-18(9-7-17)38(34,35)30-12-15(2)36-16(3)13-30/h6-9,15-16H,5,10-14H2,1-4H3,(H,27,31)(H2,26,28,32,33). The number of carbonyl (C=O) groups is 3. The fourth-order valence-electron chi connectivity index (χ4n) is 4.71. The number of carbonyl (C=O) groups excluding carboxylic acids is 3. The Labute approximate surface area is 226 Å². The number of imide groups is 1. The number of nitrogens with one attached hydrogen (secondary N) is 3. The highest BCUT2D eigenvalue weighted by atomic mass is 32.2. The number of rotatable bonds is 6. The molecule has 0 bridgehead atoms. The maximum Gasteiger partial charge on any atom is 0.321 e. The Kier molecular flexibility index (Phi) is 8.52. The normalized spacial score (nSPS) is 20.4. The summed E-state index contributed by atoms with van der Waals surface area (Å²) < 4.78 is 33.3. The van der Waals surface area contributed by atoms with Crippen molar-refractivity contribution in [2.45, 2.75) is 50.8 Å². The summed E-state index contributed by atoms with van der Waals surface area (Å²) in [5.74, 6) is -1.07. The van der Waals surface area contributed by atoms with Crippen molar-refractivity contribution in [3.05, 3.63) is 45.8 Å². The lowest BCUT2D eigenvalue weighted by Crippen LogP contribution is -2.48. The molecule has 3 N–H and O–H groups in total. The summed E-state index contributed by atoms with van der Waals surface area (Å²) in [5, 5.41) is 7.83. The number of hydrogen-bond donors (Lipinski definition) is 3. The van der Waals surface area contributed by atoms with Gasteiger partial charge in [0.1, 0.15) is 5.00 Å². The summed E-state index contributed by atoms with van der Waals surface area (Å²) >= 11 is 1.31. The summed E-state index contributed by atoms with van der Waals surface area (Å²) in [6.07, 6.45) is 0.195. The molecule has 1 aromatic carbocycles. The van der Waals surface area contributed by atoms with E-state index in [1.54, 1.807) is 0 Å². The van der Waals surface area contributed by atoms with E-state index < -0.39 is 27.9 Å². The third-order valence-electron chi connectivity index (χ3n) is 6.63.